The molecule has 0 saturated heterocycles. The van der Waals surface area contributed by atoms with E-state index in [4.69, 9.17) is 22.1 Å². The lowest BCUT2D eigenvalue weighted by atomic mass is 9.99. The highest BCUT2D eigenvalue weighted by atomic mass is 35.5. The Hall–Kier alpha value is -1.97. The Morgan fingerprint density at radius 3 is 2.52 bits per heavy atom. The number of halogens is 1. The van der Waals surface area contributed by atoms with Gasteiger partial charge in [-0.05, 0) is 86.2 Å². The lowest BCUT2D eigenvalue weighted by Crippen LogP contribution is -1.99. The highest BCUT2D eigenvalue weighted by molar-refractivity contribution is 6.36. The van der Waals surface area contributed by atoms with E-state index in [1.54, 1.807) is 0 Å². The van der Waals surface area contributed by atoms with Gasteiger partial charge in [-0.15, -0.1) is 0 Å². The minimum absolute atomic E-state index is 0.717. The third kappa shape index (κ3) is 4.48. The SMILES string of the molecule is CCCCOc1ccc(-c2[nH]c3c(C)ccc(Cl)c3c2CCCCN)cc1. The molecule has 1 aromatic heterocycles. The number of aromatic nitrogens is 1. The Kier molecular flexibility index (Phi) is 6.81. The van der Waals surface area contributed by atoms with Crippen molar-refractivity contribution in [1.29, 1.82) is 0 Å². The Bertz CT molecular complexity index is 884. The molecule has 0 spiro atoms. The number of hydrogen-bond donors (Lipinski definition) is 2. The summed E-state index contributed by atoms with van der Waals surface area (Å²) in [6.45, 7) is 5.77. The van der Waals surface area contributed by atoms with Crippen LogP contribution < -0.4 is 10.5 Å². The zero-order chi connectivity index (χ0) is 19.2. The van der Waals surface area contributed by atoms with Gasteiger partial charge in [0.15, 0.2) is 0 Å². The molecule has 3 rings (SSSR count). The molecule has 0 unspecified atom stereocenters. The standard InChI is InChI=1S/C23H29ClN2O/c1-3-4-15-27-18-11-9-17(10-12-18)23-19(7-5-6-14-25)21-20(24)13-8-16(2)22(21)26-23/h8-13,26H,3-7,14-15,25H2,1-2H3. The fourth-order valence-electron chi connectivity index (χ4n) is 3.46. The van der Waals surface area contributed by atoms with E-state index in [-0.39, 0.29) is 0 Å². The molecule has 144 valence electrons. The number of rotatable bonds is 9. The maximum Gasteiger partial charge on any atom is 0.119 e. The molecular formula is C23H29ClN2O. The van der Waals surface area contributed by atoms with E-state index >= 15 is 0 Å². The van der Waals surface area contributed by atoms with Crippen LogP contribution in [-0.2, 0) is 6.42 Å². The molecule has 1 heterocycles. The second-order valence-electron chi connectivity index (χ2n) is 7.07. The molecule has 0 amide bonds. The molecule has 0 radical (unpaired) electrons. The summed E-state index contributed by atoms with van der Waals surface area (Å²) in [5.41, 5.74) is 11.6. The Morgan fingerprint density at radius 1 is 1.04 bits per heavy atom. The lowest BCUT2D eigenvalue weighted by molar-refractivity contribution is 0.309. The second kappa shape index (κ2) is 9.29. The number of aromatic amines is 1. The topological polar surface area (TPSA) is 51.0 Å². The van der Waals surface area contributed by atoms with E-state index in [0.717, 1.165) is 71.6 Å². The molecule has 3 nitrogen and oxygen atoms in total. The first-order chi connectivity index (χ1) is 13.2. The summed E-state index contributed by atoms with van der Waals surface area (Å²) in [5.74, 6) is 0.919. The number of ether oxygens (including phenoxy) is 1. The van der Waals surface area contributed by atoms with Gasteiger partial charge in [0.05, 0.1) is 17.1 Å². The number of fused-ring (bicyclic) bond motifs is 1. The van der Waals surface area contributed by atoms with Crippen LogP contribution in [0.25, 0.3) is 22.2 Å². The predicted octanol–water partition coefficient (Wildman–Crippen LogP) is 6.26. The largest absolute Gasteiger partial charge is 0.494 e. The van der Waals surface area contributed by atoms with Gasteiger partial charge in [0.1, 0.15) is 5.75 Å². The zero-order valence-electron chi connectivity index (χ0n) is 16.3. The van der Waals surface area contributed by atoms with Crippen molar-refractivity contribution in [3.63, 3.8) is 0 Å². The molecule has 2 aromatic carbocycles. The van der Waals surface area contributed by atoms with E-state index in [0.29, 0.717) is 6.54 Å². The lowest BCUT2D eigenvalue weighted by Gasteiger charge is -2.08. The van der Waals surface area contributed by atoms with Crippen molar-refractivity contribution in [2.45, 2.75) is 46.0 Å². The third-order valence-corrected chi connectivity index (χ3v) is 5.32. The monoisotopic (exact) mass is 384 g/mol. The van der Waals surface area contributed by atoms with Gasteiger partial charge in [-0.1, -0.05) is 31.0 Å². The number of H-pyrrole nitrogens is 1. The summed E-state index contributed by atoms with van der Waals surface area (Å²) in [6.07, 6.45) is 5.25. The van der Waals surface area contributed by atoms with Crippen molar-refractivity contribution in [3.8, 4) is 17.0 Å². The van der Waals surface area contributed by atoms with Crippen LogP contribution in [0.5, 0.6) is 5.75 Å². The van der Waals surface area contributed by atoms with E-state index in [1.165, 1.54) is 11.1 Å². The summed E-state index contributed by atoms with van der Waals surface area (Å²) in [7, 11) is 0. The van der Waals surface area contributed by atoms with Crippen LogP contribution in [0.1, 0.15) is 43.7 Å². The van der Waals surface area contributed by atoms with Crippen LogP contribution in [0, 0.1) is 6.92 Å². The van der Waals surface area contributed by atoms with Crippen LogP contribution in [0.2, 0.25) is 5.02 Å². The molecule has 0 aliphatic rings. The summed E-state index contributed by atoms with van der Waals surface area (Å²) in [6, 6.07) is 12.4. The summed E-state index contributed by atoms with van der Waals surface area (Å²) in [4.78, 5) is 3.63. The number of hydrogen-bond acceptors (Lipinski definition) is 2. The number of benzene rings is 2. The van der Waals surface area contributed by atoms with Gasteiger partial charge in [-0.2, -0.15) is 0 Å². The molecule has 0 saturated carbocycles. The van der Waals surface area contributed by atoms with E-state index in [9.17, 15) is 0 Å². The molecule has 0 fully saturated rings. The van der Waals surface area contributed by atoms with Crippen LogP contribution in [0.15, 0.2) is 36.4 Å². The summed E-state index contributed by atoms with van der Waals surface area (Å²) >= 11 is 6.58. The minimum atomic E-state index is 0.717. The summed E-state index contributed by atoms with van der Waals surface area (Å²) in [5, 5.41) is 1.95. The number of aryl methyl sites for hydroxylation is 2. The van der Waals surface area contributed by atoms with Gasteiger partial charge < -0.3 is 15.5 Å². The third-order valence-electron chi connectivity index (χ3n) is 5.01. The van der Waals surface area contributed by atoms with Gasteiger partial charge in [0.2, 0.25) is 0 Å². The van der Waals surface area contributed by atoms with Gasteiger partial charge in [-0.25, -0.2) is 0 Å². The van der Waals surface area contributed by atoms with Crippen molar-refractivity contribution < 1.29 is 4.74 Å². The minimum Gasteiger partial charge on any atom is -0.494 e. The molecule has 3 N–H and O–H groups in total. The molecular weight excluding hydrogens is 356 g/mol. The number of nitrogens with two attached hydrogens (primary N) is 1. The van der Waals surface area contributed by atoms with Crippen LogP contribution in [-0.4, -0.2) is 18.1 Å². The molecule has 3 aromatic rings. The summed E-state index contributed by atoms with van der Waals surface area (Å²) < 4.78 is 5.80. The van der Waals surface area contributed by atoms with Crippen molar-refractivity contribution in [2.24, 2.45) is 5.73 Å². The van der Waals surface area contributed by atoms with Gasteiger partial charge in [0, 0.05) is 11.1 Å². The Labute approximate surface area is 166 Å². The molecule has 27 heavy (non-hydrogen) atoms. The van der Waals surface area contributed by atoms with Crippen LogP contribution >= 0.6 is 11.6 Å². The predicted molar refractivity (Wildman–Crippen MR) is 116 cm³/mol. The van der Waals surface area contributed by atoms with Crippen molar-refractivity contribution >= 4 is 22.5 Å². The van der Waals surface area contributed by atoms with Gasteiger partial charge in [0.25, 0.3) is 0 Å². The first kappa shape index (κ1) is 19.8. The fourth-order valence-corrected chi connectivity index (χ4v) is 3.73. The highest BCUT2D eigenvalue weighted by Crippen LogP contribution is 2.37. The molecule has 0 bridgehead atoms. The first-order valence-electron chi connectivity index (χ1n) is 9.88. The number of unbranched alkanes of at least 4 members (excludes halogenated alkanes) is 2. The maximum atomic E-state index is 6.58. The highest BCUT2D eigenvalue weighted by Gasteiger charge is 2.17. The van der Waals surface area contributed by atoms with E-state index < -0.39 is 0 Å². The van der Waals surface area contributed by atoms with Crippen molar-refractivity contribution in [3.05, 3.63) is 52.5 Å². The zero-order valence-corrected chi connectivity index (χ0v) is 17.0. The quantitative estimate of drug-likeness (QED) is 0.428. The molecule has 0 aliphatic carbocycles. The average molecular weight is 385 g/mol. The smallest absolute Gasteiger partial charge is 0.119 e. The number of nitrogens with one attached hydrogen (secondary N) is 1. The molecule has 4 heteroatoms. The van der Waals surface area contributed by atoms with Gasteiger partial charge in [-0.3, -0.25) is 0 Å². The van der Waals surface area contributed by atoms with Crippen LogP contribution in [0.3, 0.4) is 0 Å². The molecule has 0 aliphatic heterocycles. The molecule has 0 atom stereocenters. The van der Waals surface area contributed by atoms with E-state index in [2.05, 4.69) is 49.2 Å². The Morgan fingerprint density at radius 2 is 1.81 bits per heavy atom. The Balaban J connectivity index is 1.98. The normalized spacial score (nSPS) is 11.3. The van der Waals surface area contributed by atoms with Crippen molar-refractivity contribution in [2.75, 3.05) is 13.2 Å². The van der Waals surface area contributed by atoms with Gasteiger partial charge >= 0.3 is 0 Å². The van der Waals surface area contributed by atoms with Crippen molar-refractivity contribution in [1.82, 2.24) is 4.98 Å². The van der Waals surface area contributed by atoms with E-state index in [1.807, 2.05) is 6.07 Å². The first-order valence-corrected chi connectivity index (χ1v) is 10.3. The van der Waals surface area contributed by atoms with Crippen LogP contribution in [0.4, 0.5) is 0 Å². The maximum absolute atomic E-state index is 6.58. The fraction of sp³-hybridized carbons (Fsp3) is 0.391. The average Bonchev–Trinajstić information content (AvgIpc) is 3.07. The second-order valence-corrected chi connectivity index (χ2v) is 7.47.